The molecule has 0 spiro atoms. The first-order valence-corrected chi connectivity index (χ1v) is 13.1. The molecular weight excluding hydrogens is 468 g/mol. The molecule has 0 saturated heterocycles. The van der Waals surface area contributed by atoms with E-state index in [2.05, 4.69) is 26.7 Å². The monoisotopic (exact) mass is 498 g/mol. The van der Waals surface area contributed by atoms with Gasteiger partial charge in [0, 0.05) is 27.4 Å². The van der Waals surface area contributed by atoms with Gasteiger partial charge in [-0.05, 0) is 81.0 Å². The smallest absolute Gasteiger partial charge is 0.256 e. The zero-order valence-electron chi connectivity index (χ0n) is 20.8. The van der Waals surface area contributed by atoms with Crippen molar-refractivity contribution in [2.24, 2.45) is 0 Å². The number of carbonyl (C=O) groups is 1. The van der Waals surface area contributed by atoms with E-state index in [1.807, 2.05) is 68.4 Å². The van der Waals surface area contributed by atoms with Gasteiger partial charge in [-0.25, -0.2) is 9.97 Å². The first-order chi connectivity index (χ1) is 17.5. The number of methoxy groups -OCH3 is 1. The number of aryl methyl sites for hydroxylation is 3. The Labute approximate surface area is 215 Å². The summed E-state index contributed by atoms with van der Waals surface area (Å²) in [6.07, 6.45) is 4.31. The van der Waals surface area contributed by atoms with E-state index in [0.29, 0.717) is 11.5 Å². The fourth-order valence-electron chi connectivity index (χ4n) is 4.82. The number of carbonyl (C=O) groups excluding carboxylic acids is 1. The highest BCUT2D eigenvalue weighted by molar-refractivity contribution is 7.16. The van der Waals surface area contributed by atoms with Crippen molar-refractivity contribution < 1.29 is 9.53 Å². The van der Waals surface area contributed by atoms with E-state index in [-0.39, 0.29) is 11.9 Å². The molecule has 0 bridgehead atoms. The van der Waals surface area contributed by atoms with Crippen molar-refractivity contribution in [1.82, 2.24) is 9.97 Å². The van der Waals surface area contributed by atoms with Gasteiger partial charge in [0.1, 0.15) is 10.8 Å². The van der Waals surface area contributed by atoms with Gasteiger partial charge >= 0.3 is 0 Å². The molecule has 1 atom stereocenters. The van der Waals surface area contributed by atoms with Crippen LogP contribution in [0.25, 0.3) is 0 Å². The Morgan fingerprint density at radius 2 is 1.72 bits per heavy atom. The summed E-state index contributed by atoms with van der Waals surface area (Å²) in [4.78, 5) is 23.9. The summed E-state index contributed by atoms with van der Waals surface area (Å²) in [5.74, 6) is 1.23. The number of hydrogen-bond acceptors (Lipinski definition) is 6. The number of benzene rings is 2. The summed E-state index contributed by atoms with van der Waals surface area (Å²) in [7, 11) is 1.67. The molecule has 184 valence electrons. The van der Waals surface area contributed by atoms with Crippen molar-refractivity contribution >= 4 is 28.2 Å². The summed E-state index contributed by atoms with van der Waals surface area (Å²) >= 11 is 1.69. The minimum Gasteiger partial charge on any atom is -0.497 e. The predicted molar refractivity (Wildman–Crippen MR) is 145 cm³/mol. The quantitative estimate of drug-likeness (QED) is 0.304. The van der Waals surface area contributed by atoms with E-state index in [1.54, 1.807) is 18.4 Å². The van der Waals surface area contributed by atoms with E-state index in [4.69, 9.17) is 4.74 Å². The molecule has 1 aliphatic rings. The van der Waals surface area contributed by atoms with E-state index >= 15 is 0 Å². The van der Waals surface area contributed by atoms with Crippen LogP contribution in [0.3, 0.4) is 0 Å². The average molecular weight is 499 g/mol. The molecule has 2 aromatic carbocycles. The summed E-state index contributed by atoms with van der Waals surface area (Å²) < 4.78 is 5.55. The predicted octanol–water partition coefficient (Wildman–Crippen LogP) is 6.50. The van der Waals surface area contributed by atoms with Crippen molar-refractivity contribution in [3.63, 3.8) is 0 Å². The second kappa shape index (κ2) is 10.5. The molecule has 2 N–H and O–H groups in total. The standard InChI is InChI=1S/C29H30N4O2S/c1-18-16-19(2)31-29(30-18)32-26(21-12-9-13-22(17-21)35-3)25-23-14-7-8-15-24(23)36-28(25)33-27(34)20-10-5-4-6-11-20/h4-6,9-13,16-17,26H,7-8,14-15H2,1-3H3,(H,33,34)(H,30,31,32)/t26-/m1/s1. The van der Waals surface area contributed by atoms with Crippen LogP contribution in [-0.4, -0.2) is 23.0 Å². The molecule has 0 aliphatic heterocycles. The lowest BCUT2D eigenvalue weighted by Gasteiger charge is -2.24. The number of ether oxygens (including phenoxy) is 1. The van der Waals surface area contributed by atoms with Gasteiger partial charge in [0.2, 0.25) is 5.95 Å². The number of fused-ring (bicyclic) bond motifs is 1. The van der Waals surface area contributed by atoms with Gasteiger partial charge in [0.15, 0.2) is 0 Å². The number of rotatable bonds is 7. The fourth-order valence-corrected chi connectivity index (χ4v) is 6.14. The topological polar surface area (TPSA) is 76.1 Å². The molecule has 0 saturated carbocycles. The number of nitrogens with zero attached hydrogens (tertiary/aromatic N) is 2. The molecular formula is C29H30N4O2S. The minimum atomic E-state index is -0.259. The highest BCUT2D eigenvalue weighted by Gasteiger charge is 2.29. The van der Waals surface area contributed by atoms with Gasteiger partial charge in [-0.3, -0.25) is 4.79 Å². The lowest BCUT2D eigenvalue weighted by molar-refractivity contribution is 0.102. The van der Waals surface area contributed by atoms with Crippen molar-refractivity contribution in [3.05, 3.63) is 99.2 Å². The Morgan fingerprint density at radius 1 is 0.972 bits per heavy atom. The molecule has 0 unspecified atom stereocenters. The maximum Gasteiger partial charge on any atom is 0.256 e. The lowest BCUT2D eigenvalue weighted by atomic mass is 9.89. The highest BCUT2D eigenvalue weighted by Crippen LogP contribution is 2.44. The summed E-state index contributed by atoms with van der Waals surface area (Å²) in [5, 5.41) is 7.73. The molecule has 2 heterocycles. The number of aromatic nitrogens is 2. The first kappa shape index (κ1) is 24.0. The van der Waals surface area contributed by atoms with Crippen LogP contribution >= 0.6 is 11.3 Å². The van der Waals surface area contributed by atoms with E-state index < -0.39 is 0 Å². The highest BCUT2D eigenvalue weighted by atomic mass is 32.1. The first-order valence-electron chi connectivity index (χ1n) is 12.3. The third-order valence-electron chi connectivity index (χ3n) is 6.45. The maximum atomic E-state index is 13.2. The van der Waals surface area contributed by atoms with Crippen molar-refractivity contribution in [1.29, 1.82) is 0 Å². The SMILES string of the molecule is COc1cccc([C@@H](Nc2nc(C)cc(C)n2)c2c(NC(=O)c3ccccc3)sc3c2CCCC3)c1. The number of amides is 1. The zero-order chi connectivity index (χ0) is 25.1. The van der Waals surface area contributed by atoms with E-state index in [0.717, 1.165) is 58.9 Å². The Balaban J connectivity index is 1.63. The molecule has 5 rings (SSSR count). The van der Waals surface area contributed by atoms with Crippen LogP contribution in [0.15, 0.2) is 60.7 Å². The Bertz CT molecular complexity index is 1360. The number of nitrogens with one attached hydrogen (secondary N) is 2. The number of anilines is 2. The average Bonchev–Trinajstić information content (AvgIpc) is 3.24. The summed E-state index contributed by atoms with van der Waals surface area (Å²) in [6.45, 7) is 3.94. The van der Waals surface area contributed by atoms with E-state index in [1.165, 1.54) is 10.4 Å². The molecule has 2 aromatic heterocycles. The second-order valence-corrected chi connectivity index (χ2v) is 10.2. The van der Waals surface area contributed by atoms with Crippen molar-refractivity contribution in [2.45, 2.75) is 45.6 Å². The molecule has 6 nitrogen and oxygen atoms in total. The van der Waals surface area contributed by atoms with Crippen molar-refractivity contribution in [3.8, 4) is 5.75 Å². The second-order valence-electron chi connectivity index (χ2n) is 9.10. The van der Waals surface area contributed by atoms with Gasteiger partial charge in [0.05, 0.1) is 13.2 Å². The van der Waals surface area contributed by atoms with Crippen LogP contribution < -0.4 is 15.4 Å². The van der Waals surface area contributed by atoms with Crippen LogP contribution in [0.1, 0.15) is 62.2 Å². The number of thiophene rings is 1. The van der Waals surface area contributed by atoms with Crippen molar-refractivity contribution in [2.75, 3.05) is 17.7 Å². The summed E-state index contributed by atoms with van der Waals surface area (Å²) in [6, 6.07) is 19.1. The Morgan fingerprint density at radius 3 is 2.47 bits per heavy atom. The van der Waals surface area contributed by atoms with Crippen LogP contribution in [0, 0.1) is 13.8 Å². The normalized spacial score (nSPS) is 13.5. The molecule has 1 amide bonds. The molecule has 36 heavy (non-hydrogen) atoms. The van der Waals surface area contributed by atoms with E-state index in [9.17, 15) is 4.79 Å². The van der Waals surface area contributed by atoms with Crippen LogP contribution in [0.5, 0.6) is 5.75 Å². The third-order valence-corrected chi connectivity index (χ3v) is 7.67. The summed E-state index contributed by atoms with van der Waals surface area (Å²) in [5.41, 5.74) is 5.88. The van der Waals surface area contributed by atoms with Gasteiger partial charge < -0.3 is 15.4 Å². The zero-order valence-corrected chi connectivity index (χ0v) is 21.6. The lowest BCUT2D eigenvalue weighted by Crippen LogP contribution is -2.20. The molecule has 1 aliphatic carbocycles. The van der Waals surface area contributed by atoms with Crippen LogP contribution in [0.2, 0.25) is 0 Å². The fraction of sp³-hybridized carbons (Fsp3) is 0.276. The number of hydrogen-bond donors (Lipinski definition) is 2. The van der Waals surface area contributed by atoms with Crippen LogP contribution in [-0.2, 0) is 12.8 Å². The minimum absolute atomic E-state index is 0.109. The molecule has 7 heteroatoms. The van der Waals surface area contributed by atoms with Gasteiger partial charge in [0.25, 0.3) is 5.91 Å². The largest absolute Gasteiger partial charge is 0.497 e. The maximum absolute atomic E-state index is 13.2. The third kappa shape index (κ3) is 5.11. The van der Waals surface area contributed by atoms with Gasteiger partial charge in [-0.1, -0.05) is 30.3 Å². The molecule has 4 aromatic rings. The van der Waals surface area contributed by atoms with Crippen LogP contribution in [0.4, 0.5) is 10.9 Å². The Hall–Kier alpha value is -3.71. The van der Waals surface area contributed by atoms with Gasteiger partial charge in [-0.2, -0.15) is 0 Å². The van der Waals surface area contributed by atoms with Gasteiger partial charge in [-0.15, -0.1) is 11.3 Å². The molecule has 0 fully saturated rings. The molecule has 0 radical (unpaired) electrons. The Kier molecular flexibility index (Phi) is 7.00.